The van der Waals surface area contributed by atoms with Gasteiger partial charge in [-0.05, 0) is 36.5 Å². The van der Waals surface area contributed by atoms with Crippen LogP contribution in [0.25, 0.3) is 0 Å². The fourth-order valence-electron chi connectivity index (χ4n) is 2.41. The summed E-state index contributed by atoms with van der Waals surface area (Å²) >= 11 is 1.61. The highest BCUT2D eigenvalue weighted by atomic mass is 32.1. The summed E-state index contributed by atoms with van der Waals surface area (Å²) in [4.78, 5) is 26.2. The van der Waals surface area contributed by atoms with Crippen LogP contribution in [0.4, 0.5) is 5.82 Å². The molecule has 2 aromatic rings. The second kappa shape index (κ2) is 6.81. The molecule has 0 aliphatic rings. The van der Waals surface area contributed by atoms with Crippen LogP contribution in [0.2, 0.25) is 0 Å². The minimum atomic E-state index is -0.588. The molecule has 2 heterocycles. The Bertz CT molecular complexity index is 842. The van der Waals surface area contributed by atoms with E-state index >= 15 is 0 Å². The molecule has 0 unspecified atom stereocenters. The lowest BCUT2D eigenvalue weighted by Crippen LogP contribution is -2.40. The van der Waals surface area contributed by atoms with Crippen LogP contribution in [0.3, 0.4) is 0 Å². The van der Waals surface area contributed by atoms with Crippen molar-refractivity contribution >= 4 is 17.2 Å². The van der Waals surface area contributed by atoms with Crippen molar-refractivity contribution in [1.82, 2.24) is 14.0 Å². The maximum absolute atomic E-state index is 12.1. The Morgan fingerprint density at radius 2 is 2.04 bits per heavy atom. The third-order valence-corrected chi connectivity index (χ3v) is 4.49. The van der Waals surface area contributed by atoms with Gasteiger partial charge >= 0.3 is 5.69 Å². The zero-order valence-corrected chi connectivity index (χ0v) is 14.3. The summed E-state index contributed by atoms with van der Waals surface area (Å²) in [7, 11) is 6.82. The van der Waals surface area contributed by atoms with Gasteiger partial charge in [-0.2, -0.15) is 16.6 Å². The number of rotatable bonds is 5. The van der Waals surface area contributed by atoms with Gasteiger partial charge in [0.25, 0.3) is 5.56 Å². The highest BCUT2D eigenvalue weighted by Gasteiger charge is 2.19. The highest BCUT2D eigenvalue weighted by molar-refractivity contribution is 7.07. The Morgan fingerprint density at radius 3 is 2.57 bits per heavy atom. The average Bonchev–Trinajstić information content (AvgIpc) is 3.04. The van der Waals surface area contributed by atoms with Gasteiger partial charge in [0.05, 0.1) is 6.04 Å². The van der Waals surface area contributed by atoms with E-state index in [1.165, 1.54) is 11.6 Å². The van der Waals surface area contributed by atoms with Crippen molar-refractivity contribution in [2.75, 3.05) is 26.0 Å². The number of thiophene rings is 1. The van der Waals surface area contributed by atoms with E-state index in [0.717, 1.165) is 10.1 Å². The number of likely N-dealkylation sites (N-methyl/N-ethyl adjacent to an activating group) is 1. The van der Waals surface area contributed by atoms with Gasteiger partial charge in [0.1, 0.15) is 11.9 Å². The molecule has 0 saturated heterocycles. The Hall–Kier alpha value is -2.37. The SMILES string of the molecule is CN(C)[C@H](CNc1c(C#N)c(=O)n(C)c(=O)n1C)c1ccsc1. The second-order valence-corrected chi connectivity index (χ2v) is 6.24. The molecule has 0 bridgehead atoms. The molecule has 0 aliphatic carbocycles. The molecule has 122 valence electrons. The third-order valence-electron chi connectivity index (χ3n) is 3.79. The molecule has 0 aromatic carbocycles. The van der Waals surface area contributed by atoms with Crippen LogP contribution in [0.15, 0.2) is 26.4 Å². The number of anilines is 1. The Morgan fingerprint density at radius 1 is 1.35 bits per heavy atom. The zero-order valence-electron chi connectivity index (χ0n) is 13.5. The standard InChI is InChI=1S/C15H19N5O2S/c1-18(2)12(10-5-6-23-9-10)8-17-13-11(7-16)14(21)20(4)15(22)19(13)3/h5-6,9,12,17H,8H2,1-4H3/t12-/m1/s1. The van der Waals surface area contributed by atoms with Crippen molar-refractivity contribution in [2.45, 2.75) is 6.04 Å². The van der Waals surface area contributed by atoms with Crippen molar-refractivity contribution in [3.8, 4) is 6.07 Å². The molecule has 2 aromatic heterocycles. The summed E-state index contributed by atoms with van der Waals surface area (Å²) in [5.74, 6) is 0.252. The second-order valence-electron chi connectivity index (χ2n) is 5.46. The maximum Gasteiger partial charge on any atom is 0.332 e. The number of hydrogen-bond acceptors (Lipinski definition) is 6. The number of nitrogens with one attached hydrogen (secondary N) is 1. The molecule has 7 nitrogen and oxygen atoms in total. The molecule has 0 aliphatic heterocycles. The summed E-state index contributed by atoms with van der Waals surface area (Å²) in [6.45, 7) is 0.471. The molecule has 8 heteroatoms. The topological polar surface area (TPSA) is 83.1 Å². The smallest absolute Gasteiger partial charge is 0.332 e. The van der Waals surface area contributed by atoms with E-state index in [4.69, 9.17) is 0 Å². The molecule has 0 saturated carbocycles. The van der Waals surface area contributed by atoms with Gasteiger partial charge in [0.2, 0.25) is 0 Å². The molecular weight excluding hydrogens is 314 g/mol. The van der Waals surface area contributed by atoms with Crippen molar-refractivity contribution in [2.24, 2.45) is 14.1 Å². The summed E-state index contributed by atoms with van der Waals surface area (Å²) in [6, 6.07) is 3.99. The molecule has 2 rings (SSSR count). The lowest BCUT2D eigenvalue weighted by atomic mass is 10.1. The monoisotopic (exact) mass is 333 g/mol. The van der Waals surface area contributed by atoms with E-state index in [0.29, 0.717) is 6.54 Å². The Kier molecular flexibility index (Phi) is 5.03. The summed E-state index contributed by atoms with van der Waals surface area (Å²) in [6.07, 6.45) is 0. The summed E-state index contributed by atoms with van der Waals surface area (Å²) in [5, 5.41) is 16.4. The lowest BCUT2D eigenvalue weighted by molar-refractivity contribution is 0.312. The van der Waals surface area contributed by atoms with Gasteiger partial charge in [-0.3, -0.25) is 13.9 Å². The minimum absolute atomic E-state index is 0.0579. The quantitative estimate of drug-likeness (QED) is 0.872. The first kappa shape index (κ1) is 17.0. The lowest BCUT2D eigenvalue weighted by Gasteiger charge is -2.25. The van der Waals surface area contributed by atoms with Crippen LogP contribution in [0, 0.1) is 11.3 Å². The van der Waals surface area contributed by atoms with Crippen molar-refractivity contribution in [3.05, 3.63) is 48.8 Å². The van der Waals surface area contributed by atoms with E-state index in [1.54, 1.807) is 18.4 Å². The predicted octanol–water partition coefficient (Wildman–Crippen LogP) is 0.732. The van der Waals surface area contributed by atoms with E-state index in [-0.39, 0.29) is 17.4 Å². The van der Waals surface area contributed by atoms with E-state index in [1.807, 2.05) is 36.5 Å². The van der Waals surface area contributed by atoms with E-state index in [2.05, 4.69) is 10.7 Å². The Labute approximate surface area is 138 Å². The Balaban J connectivity index is 2.39. The first-order valence-electron chi connectivity index (χ1n) is 7.01. The van der Waals surface area contributed by atoms with Gasteiger partial charge in [-0.1, -0.05) is 0 Å². The van der Waals surface area contributed by atoms with Crippen LogP contribution in [-0.2, 0) is 14.1 Å². The molecule has 23 heavy (non-hydrogen) atoms. The molecular formula is C15H19N5O2S. The number of hydrogen-bond donors (Lipinski definition) is 1. The van der Waals surface area contributed by atoms with E-state index in [9.17, 15) is 14.9 Å². The van der Waals surface area contributed by atoms with Gasteiger partial charge in [-0.25, -0.2) is 4.79 Å². The molecule has 1 N–H and O–H groups in total. The number of aromatic nitrogens is 2. The van der Waals surface area contributed by atoms with Crippen LogP contribution in [0.1, 0.15) is 17.2 Å². The van der Waals surface area contributed by atoms with Gasteiger partial charge in [0, 0.05) is 20.6 Å². The average molecular weight is 333 g/mol. The fraction of sp³-hybridized carbons (Fsp3) is 0.400. The van der Waals surface area contributed by atoms with Crippen molar-refractivity contribution < 1.29 is 0 Å². The highest BCUT2D eigenvalue weighted by Crippen LogP contribution is 2.21. The van der Waals surface area contributed by atoms with Gasteiger partial charge in [-0.15, -0.1) is 0 Å². The van der Waals surface area contributed by atoms with Crippen LogP contribution < -0.4 is 16.6 Å². The van der Waals surface area contributed by atoms with Crippen LogP contribution in [0.5, 0.6) is 0 Å². The number of nitriles is 1. The summed E-state index contributed by atoms with van der Waals surface area (Å²) in [5.41, 5.74) is 0.0285. The summed E-state index contributed by atoms with van der Waals surface area (Å²) < 4.78 is 2.23. The maximum atomic E-state index is 12.1. The predicted molar refractivity (Wildman–Crippen MR) is 90.9 cm³/mol. The van der Waals surface area contributed by atoms with Gasteiger partial charge in [0.15, 0.2) is 5.56 Å². The third kappa shape index (κ3) is 3.21. The molecule has 0 amide bonds. The molecule has 0 spiro atoms. The first-order chi connectivity index (χ1) is 10.9. The molecule has 1 atom stereocenters. The first-order valence-corrected chi connectivity index (χ1v) is 7.95. The molecule has 0 fully saturated rings. The van der Waals surface area contributed by atoms with Gasteiger partial charge < -0.3 is 10.2 Å². The normalized spacial score (nSPS) is 12.2. The molecule has 0 radical (unpaired) electrons. The van der Waals surface area contributed by atoms with E-state index < -0.39 is 11.2 Å². The van der Waals surface area contributed by atoms with Crippen LogP contribution in [-0.4, -0.2) is 34.7 Å². The largest absolute Gasteiger partial charge is 0.368 e. The number of nitrogens with zero attached hydrogens (tertiary/aromatic N) is 4. The minimum Gasteiger partial charge on any atom is -0.368 e. The van der Waals surface area contributed by atoms with Crippen molar-refractivity contribution in [1.29, 1.82) is 5.26 Å². The van der Waals surface area contributed by atoms with Crippen molar-refractivity contribution in [3.63, 3.8) is 0 Å². The van der Waals surface area contributed by atoms with Crippen LogP contribution >= 0.6 is 11.3 Å². The fourth-order valence-corrected chi connectivity index (χ4v) is 3.12. The zero-order chi connectivity index (χ0) is 17.1.